The maximum absolute atomic E-state index is 9.61. The molecule has 4 heteroatoms. The molecule has 0 unspecified atom stereocenters. The molecular weight excluding hydrogens is 302 g/mol. The molecule has 0 radical (unpaired) electrons. The Bertz CT molecular complexity index is 786. The van der Waals surface area contributed by atoms with Gasteiger partial charge in [0.1, 0.15) is 11.5 Å². The number of hydrogen-bond donors (Lipinski definition) is 2. The highest BCUT2D eigenvalue weighted by Crippen LogP contribution is 2.27. The highest BCUT2D eigenvalue weighted by atomic mass is 16.5. The Morgan fingerprint density at radius 2 is 1.58 bits per heavy atom. The third-order valence-corrected chi connectivity index (χ3v) is 3.57. The molecule has 0 atom stereocenters. The predicted octanol–water partition coefficient (Wildman–Crippen LogP) is 4.81. The van der Waals surface area contributed by atoms with Crippen molar-refractivity contribution >= 4 is 5.69 Å². The fourth-order valence-corrected chi connectivity index (χ4v) is 2.30. The maximum Gasteiger partial charge on any atom is 0.160 e. The van der Waals surface area contributed by atoms with Gasteiger partial charge < -0.3 is 19.9 Å². The van der Waals surface area contributed by atoms with Crippen LogP contribution in [0.4, 0.5) is 5.69 Å². The summed E-state index contributed by atoms with van der Waals surface area (Å²) in [6.45, 7) is 0.634. The topological polar surface area (TPSA) is 50.7 Å². The van der Waals surface area contributed by atoms with Crippen LogP contribution in [0.1, 0.15) is 5.56 Å². The molecule has 0 heterocycles. The van der Waals surface area contributed by atoms with Gasteiger partial charge in [0.2, 0.25) is 0 Å². The molecule has 0 aliphatic heterocycles. The fraction of sp³-hybridized carbons (Fsp3) is 0.100. The minimum absolute atomic E-state index is 0.142. The molecule has 4 nitrogen and oxygen atoms in total. The fourth-order valence-electron chi connectivity index (χ4n) is 2.30. The number of ether oxygens (including phenoxy) is 2. The molecule has 0 aliphatic rings. The molecule has 3 rings (SSSR count). The van der Waals surface area contributed by atoms with Crippen LogP contribution in [0, 0.1) is 0 Å². The van der Waals surface area contributed by atoms with Crippen molar-refractivity contribution in [2.24, 2.45) is 0 Å². The van der Waals surface area contributed by atoms with E-state index >= 15 is 0 Å². The van der Waals surface area contributed by atoms with E-state index in [1.165, 1.54) is 7.11 Å². The molecule has 24 heavy (non-hydrogen) atoms. The second-order valence-electron chi connectivity index (χ2n) is 5.30. The number of methoxy groups -OCH3 is 1. The summed E-state index contributed by atoms with van der Waals surface area (Å²) >= 11 is 0. The van der Waals surface area contributed by atoms with Crippen LogP contribution in [0.25, 0.3) is 0 Å². The van der Waals surface area contributed by atoms with Gasteiger partial charge in [-0.25, -0.2) is 0 Å². The first-order valence-corrected chi connectivity index (χ1v) is 7.67. The first kappa shape index (κ1) is 15.7. The van der Waals surface area contributed by atoms with Crippen molar-refractivity contribution in [2.75, 3.05) is 12.4 Å². The number of phenols is 1. The van der Waals surface area contributed by atoms with Gasteiger partial charge in [-0.2, -0.15) is 0 Å². The van der Waals surface area contributed by atoms with Crippen LogP contribution in [-0.2, 0) is 6.54 Å². The summed E-state index contributed by atoms with van der Waals surface area (Å²) in [5.74, 6) is 2.22. The van der Waals surface area contributed by atoms with Gasteiger partial charge in [-0.3, -0.25) is 0 Å². The zero-order valence-corrected chi connectivity index (χ0v) is 13.4. The van der Waals surface area contributed by atoms with Gasteiger partial charge in [0.15, 0.2) is 11.5 Å². The standard InChI is InChI=1S/C20H19NO3/c1-23-20-13-15(7-12-19(20)22)14-21-16-8-10-18(11-9-16)24-17-5-3-2-4-6-17/h2-13,21-22H,14H2,1H3. The largest absolute Gasteiger partial charge is 0.504 e. The van der Waals surface area contributed by atoms with Gasteiger partial charge in [-0.05, 0) is 54.1 Å². The molecule has 0 amide bonds. The average Bonchev–Trinajstić information content (AvgIpc) is 2.63. The molecule has 0 fully saturated rings. The van der Waals surface area contributed by atoms with Crippen molar-refractivity contribution in [2.45, 2.75) is 6.54 Å². The summed E-state index contributed by atoms with van der Waals surface area (Å²) in [6.07, 6.45) is 0. The number of para-hydroxylation sites is 1. The van der Waals surface area contributed by atoms with Crippen LogP contribution in [0.2, 0.25) is 0 Å². The lowest BCUT2D eigenvalue weighted by atomic mass is 10.2. The first-order chi connectivity index (χ1) is 11.7. The molecule has 0 aliphatic carbocycles. The molecule has 0 bridgehead atoms. The Morgan fingerprint density at radius 3 is 2.29 bits per heavy atom. The summed E-state index contributed by atoms with van der Waals surface area (Å²) < 4.78 is 10.9. The Hall–Kier alpha value is -3.14. The van der Waals surface area contributed by atoms with Crippen LogP contribution in [-0.4, -0.2) is 12.2 Å². The number of hydrogen-bond acceptors (Lipinski definition) is 4. The number of aromatic hydroxyl groups is 1. The average molecular weight is 321 g/mol. The lowest BCUT2D eigenvalue weighted by molar-refractivity contribution is 0.373. The van der Waals surface area contributed by atoms with Crippen molar-refractivity contribution in [3.63, 3.8) is 0 Å². The van der Waals surface area contributed by atoms with Gasteiger partial charge >= 0.3 is 0 Å². The van der Waals surface area contributed by atoms with Gasteiger partial charge in [0.25, 0.3) is 0 Å². The Morgan fingerprint density at radius 1 is 0.875 bits per heavy atom. The van der Waals surface area contributed by atoms with Crippen molar-refractivity contribution < 1.29 is 14.6 Å². The van der Waals surface area contributed by atoms with E-state index in [1.54, 1.807) is 6.07 Å². The molecule has 0 aromatic heterocycles. The van der Waals surface area contributed by atoms with E-state index in [0.717, 1.165) is 22.7 Å². The molecule has 0 saturated heterocycles. The van der Waals surface area contributed by atoms with Crippen LogP contribution in [0.5, 0.6) is 23.0 Å². The van der Waals surface area contributed by atoms with Crippen LogP contribution >= 0.6 is 0 Å². The Kier molecular flexibility index (Phi) is 4.87. The molecular formula is C20H19NO3. The SMILES string of the molecule is COc1cc(CNc2ccc(Oc3ccccc3)cc2)ccc1O. The summed E-state index contributed by atoms with van der Waals surface area (Å²) in [5, 5.41) is 12.9. The molecule has 0 spiro atoms. The molecule has 0 saturated carbocycles. The van der Waals surface area contributed by atoms with E-state index in [2.05, 4.69) is 5.32 Å². The lowest BCUT2D eigenvalue weighted by Crippen LogP contribution is -1.99. The van der Waals surface area contributed by atoms with Crippen molar-refractivity contribution in [1.82, 2.24) is 0 Å². The summed E-state index contributed by atoms with van der Waals surface area (Å²) in [5.41, 5.74) is 2.01. The molecule has 122 valence electrons. The number of benzene rings is 3. The zero-order valence-electron chi connectivity index (χ0n) is 13.4. The van der Waals surface area contributed by atoms with Gasteiger partial charge in [0, 0.05) is 12.2 Å². The van der Waals surface area contributed by atoms with Gasteiger partial charge in [0.05, 0.1) is 7.11 Å². The maximum atomic E-state index is 9.61. The van der Waals surface area contributed by atoms with Crippen molar-refractivity contribution in [1.29, 1.82) is 0 Å². The quantitative estimate of drug-likeness (QED) is 0.684. The Balaban J connectivity index is 1.60. The summed E-state index contributed by atoms with van der Waals surface area (Å²) in [4.78, 5) is 0. The van der Waals surface area contributed by atoms with E-state index in [-0.39, 0.29) is 5.75 Å². The van der Waals surface area contributed by atoms with E-state index in [1.807, 2.05) is 66.7 Å². The molecule has 2 N–H and O–H groups in total. The van der Waals surface area contributed by atoms with E-state index < -0.39 is 0 Å². The van der Waals surface area contributed by atoms with Crippen molar-refractivity contribution in [3.05, 3.63) is 78.4 Å². The summed E-state index contributed by atoms with van der Waals surface area (Å²) in [6, 6.07) is 22.8. The number of phenolic OH excluding ortho intramolecular Hbond substituents is 1. The number of anilines is 1. The highest BCUT2D eigenvalue weighted by Gasteiger charge is 2.03. The normalized spacial score (nSPS) is 10.2. The second kappa shape index (κ2) is 7.42. The zero-order chi connectivity index (χ0) is 16.8. The van der Waals surface area contributed by atoms with E-state index in [4.69, 9.17) is 9.47 Å². The third kappa shape index (κ3) is 3.98. The van der Waals surface area contributed by atoms with Crippen LogP contribution < -0.4 is 14.8 Å². The Labute approximate surface area is 141 Å². The predicted molar refractivity (Wildman–Crippen MR) is 94.9 cm³/mol. The van der Waals surface area contributed by atoms with Gasteiger partial charge in [-0.1, -0.05) is 24.3 Å². The molecule has 3 aromatic carbocycles. The van der Waals surface area contributed by atoms with E-state index in [9.17, 15) is 5.11 Å². The second-order valence-corrected chi connectivity index (χ2v) is 5.30. The monoisotopic (exact) mass is 321 g/mol. The van der Waals surface area contributed by atoms with Crippen LogP contribution in [0.3, 0.4) is 0 Å². The van der Waals surface area contributed by atoms with Crippen LogP contribution in [0.15, 0.2) is 72.8 Å². The number of nitrogens with one attached hydrogen (secondary N) is 1. The minimum Gasteiger partial charge on any atom is -0.504 e. The minimum atomic E-state index is 0.142. The number of rotatable bonds is 6. The summed E-state index contributed by atoms with van der Waals surface area (Å²) in [7, 11) is 1.54. The lowest BCUT2D eigenvalue weighted by Gasteiger charge is -2.10. The third-order valence-electron chi connectivity index (χ3n) is 3.57. The van der Waals surface area contributed by atoms with Crippen molar-refractivity contribution in [3.8, 4) is 23.0 Å². The molecule has 3 aromatic rings. The van der Waals surface area contributed by atoms with Gasteiger partial charge in [-0.15, -0.1) is 0 Å². The first-order valence-electron chi connectivity index (χ1n) is 7.67. The highest BCUT2D eigenvalue weighted by molar-refractivity contribution is 5.49. The van der Waals surface area contributed by atoms with E-state index in [0.29, 0.717) is 12.3 Å². The smallest absolute Gasteiger partial charge is 0.160 e.